The summed E-state index contributed by atoms with van der Waals surface area (Å²) in [5.41, 5.74) is 6.70. The van der Waals surface area contributed by atoms with Crippen molar-refractivity contribution in [3.63, 3.8) is 0 Å². The third-order valence-electron chi connectivity index (χ3n) is 2.48. The lowest BCUT2D eigenvalue weighted by molar-refractivity contribution is 0.615. The quantitative estimate of drug-likeness (QED) is 0.705. The second-order valence-corrected chi connectivity index (χ2v) is 3.98. The summed E-state index contributed by atoms with van der Waals surface area (Å²) in [6.07, 6.45) is 6.73. The molecule has 3 heteroatoms. The molecule has 0 aliphatic heterocycles. The molecule has 1 rings (SSSR count). The Morgan fingerprint density at radius 3 is 2.93 bits per heavy atom. The van der Waals surface area contributed by atoms with Crippen molar-refractivity contribution in [3.8, 4) is 0 Å². The number of nitrogen functional groups attached to an aromatic ring is 1. The predicted molar refractivity (Wildman–Crippen MR) is 65.9 cm³/mol. The fraction of sp³-hybridized carbons (Fsp3) is 0.583. The Hall–Kier alpha value is -1.25. The average Bonchev–Trinajstić information content (AvgIpc) is 2.22. The van der Waals surface area contributed by atoms with Crippen LogP contribution in [0.15, 0.2) is 18.3 Å². The number of anilines is 2. The monoisotopic (exact) mass is 207 g/mol. The van der Waals surface area contributed by atoms with Crippen molar-refractivity contribution < 1.29 is 0 Å². The van der Waals surface area contributed by atoms with Gasteiger partial charge in [0.25, 0.3) is 0 Å². The lowest BCUT2D eigenvalue weighted by Gasteiger charge is -2.15. The van der Waals surface area contributed by atoms with Crippen LogP contribution in [0.4, 0.5) is 11.5 Å². The highest BCUT2D eigenvalue weighted by molar-refractivity contribution is 5.61. The van der Waals surface area contributed by atoms with Crippen LogP contribution in [0.5, 0.6) is 0 Å². The van der Waals surface area contributed by atoms with Gasteiger partial charge in [0.2, 0.25) is 0 Å². The number of pyridine rings is 1. The summed E-state index contributed by atoms with van der Waals surface area (Å²) < 4.78 is 0. The summed E-state index contributed by atoms with van der Waals surface area (Å²) in [6.45, 7) is 4.40. The first-order valence-corrected chi connectivity index (χ1v) is 5.71. The smallest absolute Gasteiger partial charge is 0.146 e. The third-order valence-corrected chi connectivity index (χ3v) is 2.48. The number of nitrogens with zero attached hydrogens (tertiary/aromatic N) is 1. The largest absolute Gasteiger partial charge is 0.382 e. The van der Waals surface area contributed by atoms with Gasteiger partial charge >= 0.3 is 0 Å². The van der Waals surface area contributed by atoms with E-state index in [-0.39, 0.29) is 0 Å². The van der Waals surface area contributed by atoms with Gasteiger partial charge in [-0.3, -0.25) is 0 Å². The minimum absolute atomic E-state index is 0.461. The minimum Gasteiger partial charge on any atom is -0.382 e. The van der Waals surface area contributed by atoms with Crippen molar-refractivity contribution in [2.75, 3.05) is 11.1 Å². The molecular formula is C12H21N3. The normalized spacial score (nSPS) is 12.4. The van der Waals surface area contributed by atoms with E-state index >= 15 is 0 Å². The molecule has 1 aromatic heterocycles. The van der Waals surface area contributed by atoms with Crippen LogP contribution in [-0.2, 0) is 0 Å². The Labute approximate surface area is 92.1 Å². The first-order valence-electron chi connectivity index (χ1n) is 5.71. The van der Waals surface area contributed by atoms with E-state index in [1.165, 1.54) is 25.7 Å². The van der Waals surface area contributed by atoms with Gasteiger partial charge in [-0.15, -0.1) is 0 Å². The standard InChI is InChI=1S/C12H21N3/c1-3-4-5-7-10(2)15-11-8-6-9-14-12(11)13/h6,8-10,15H,3-5,7H2,1-2H3,(H2,13,14). The first kappa shape index (κ1) is 11.8. The van der Waals surface area contributed by atoms with Gasteiger partial charge in [0, 0.05) is 12.2 Å². The molecule has 0 aliphatic rings. The highest BCUT2D eigenvalue weighted by atomic mass is 15.0. The fourth-order valence-electron chi connectivity index (χ4n) is 1.58. The summed E-state index contributed by atoms with van der Waals surface area (Å²) in [7, 11) is 0. The molecule has 1 aromatic rings. The maximum Gasteiger partial charge on any atom is 0.146 e. The molecule has 3 N–H and O–H groups in total. The Morgan fingerprint density at radius 1 is 1.47 bits per heavy atom. The van der Waals surface area contributed by atoms with Crippen LogP contribution < -0.4 is 11.1 Å². The number of hydrogen-bond acceptors (Lipinski definition) is 3. The van der Waals surface area contributed by atoms with E-state index < -0.39 is 0 Å². The van der Waals surface area contributed by atoms with E-state index in [1.54, 1.807) is 6.20 Å². The van der Waals surface area contributed by atoms with Crippen molar-refractivity contribution in [1.29, 1.82) is 0 Å². The zero-order chi connectivity index (χ0) is 11.1. The molecule has 0 aliphatic carbocycles. The molecule has 3 nitrogen and oxygen atoms in total. The summed E-state index contributed by atoms with van der Waals surface area (Å²) in [5.74, 6) is 0.583. The van der Waals surface area contributed by atoms with Gasteiger partial charge in [0.1, 0.15) is 5.82 Å². The Morgan fingerprint density at radius 2 is 2.27 bits per heavy atom. The van der Waals surface area contributed by atoms with Crippen LogP contribution in [-0.4, -0.2) is 11.0 Å². The van der Waals surface area contributed by atoms with Gasteiger partial charge in [-0.2, -0.15) is 0 Å². The molecule has 0 saturated carbocycles. The van der Waals surface area contributed by atoms with E-state index in [1.807, 2.05) is 12.1 Å². The van der Waals surface area contributed by atoms with Crippen LogP contribution in [0, 0.1) is 0 Å². The lowest BCUT2D eigenvalue weighted by Crippen LogP contribution is -2.16. The Balaban J connectivity index is 2.37. The highest BCUT2D eigenvalue weighted by Crippen LogP contribution is 2.16. The van der Waals surface area contributed by atoms with Crippen molar-refractivity contribution in [3.05, 3.63) is 18.3 Å². The number of hydrogen-bond donors (Lipinski definition) is 2. The molecule has 0 bridgehead atoms. The average molecular weight is 207 g/mol. The molecule has 84 valence electrons. The molecule has 0 radical (unpaired) electrons. The van der Waals surface area contributed by atoms with Crippen LogP contribution in [0.2, 0.25) is 0 Å². The Kier molecular flexibility index (Phi) is 4.95. The first-order chi connectivity index (χ1) is 7.24. The van der Waals surface area contributed by atoms with E-state index in [0.29, 0.717) is 11.9 Å². The summed E-state index contributed by atoms with van der Waals surface area (Å²) in [5, 5.41) is 3.38. The molecular weight excluding hydrogens is 186 g/mol. The molecule has 0 aromatic carbocycles. The minimum atomic E-state index is 0.461. The molecule has 15 heavy (non-hydrogen) atoms. The van der Waals surface area contributed by atoms with Gasteiger partial charge < -0.3 is 11.1 Å². The topological polar surface area (TPSA) is 50.9 Å². The Bertz CT molecular complexity index is 286. The fourth-order valence-corrected chi connectivity index (χ4v) is 1.58. The summed E-state index contributed by atoms with van der Waals surface area (Å²) in [6, 6.07) is 4.33. The molecule has 1 heterocycles. The highest BCUT2D eigenvalue weighted by Gasteiger charge is 2.04. The predicted octanol–water partition coefficient (Wildman–Crippen LogP) is 3.04. The maximum absolute atomic E-state index is 5.75. The van der Waals surface area contributed by atoms with Crippen molar-refractivity contribution in [2.45, 2.75) is 45.6 Å². The number of rotatable bonds is 6. The van der Waals surface area contributed by atoms with Crippen molar-refractivity contribution in [1.82, 2.24) is 4.98 Å². The van der Waals surface area contributed by atoms with Crippen LogP contribution in [0.25, 0.3) is 0 Å². The molecule has 0 spiro atoms. The number of aromatic nitrogens is 1. The van der Waals surface area contributed by atoms with Gasteiger partial charge in [0.15, 0.2) is 0 Å². The maximum atomic E-state index is 5.75. The van der Waals surface area contributed by atoms with Crippen molar-refractivity contribution in [2.24, 2.45) is 0 Å². The molecule has 1 atom stereocenters. The molecule has 1 unspecified atom stereocenters. The van der Waals surface area contributed by atoms with E-state index in [9.17, 15) is 0 Å². The molecule has 0 fully saturated rings. The van der Waals surface area contributed by atoms with E-state index in [2.05, 4.69) is 24.1 Å². The van der Waals surface area contributed by atoms with Gasteiger partial charge in [-0.25, -0.2) is 4.98 Å². The lowest BCUT2D eigenvalue weighted by atomic mass is 10.1. The van der Waals surface area contributed by atoms with Crippen LogP contribution in [0.3, 0.4) is 0 Å². The second-order valence-electron chi connectivity index (χ2n) is 3.98. The summed E-state index contributed by atoms with van der Waals surface area (Å²) >= 11 is 0. The van der Waals surface area contributed by atoms with Gasteiger partial charge in [-0.1, -0.05) is 26.2 Å². The zero-order valence-corrected chi connectivity index (χ0v) is 9.66. The summed E-state index contributed by atoms with van der Waals surface area (Å²) in [4.78, 5) is 4.04. The van der Waals surface area contributed by atoms with Crippen LogP contribution in [0.1, 0.15) is 39.5 Å². The van der Waals surface area contributed by atoms with Gasteiger partial charge in [-0.05, 0) is 25.5 Å². The van der Waals surface area contributed by atoms with Gasteiger partial charge in [0.05, 0.1) is 5.69 Å². The number of nitrogens with one attached hydrogen (secondary N) is 1. The zero-order valence-electron chi connectivity index (χ0n) is 9.66. The number of unbranched alkanes of at least 4 members (excludes halogenated alkanes) is 2. The third kappa shape index (κ3) is 4.19. The number of nitrogens with two attached hydrogens (primary N) is 1. The molecule has 0 saturated heterocycles. The van der Waals surface area contributed by atoms with Crippen molar-refractivity contribution >= 4 is 11.5 Å². The second kappa shape index (κ2) is 6.27. The SMILES string of the molecule is CCCCCC(C)Nc1cccnc1N. The van der Waals surface area contributed by atoms with E-state index in [0.717, 1.165) is 5.69 Å². The van der Waals surface area contributed by atoms with Crippen LogP contribution >= 0.6 is 0 Å². The van der Waals surface area contributed by atoms with E-state index in [4.69, 9.17) is 5.73 Å². The molecule has 0 amide bonds.